The highest BCUT2D eigenvalue weighted by Crippen LogP contribution is 2.42. The van der Waals surface area contributed by atoms with Gasteiger partial charge in [0.15, 0.2) is 4.80 Å². The van der Waals surface area contributed by atoms with Crippen LogP contribution in [-0.2, 0) is 19.6 Å². The van der Waals surface area contributed by atoms with Crippen molar-refractivity contribution in [2.45, 2.75) is 12.6 Å². The molecule has 6 heteroatoms. The molecule has 25 heavy (non-hydrogen) atoms. The number of aromatic nitrogens is 1. The molecular formula is C19H15F3N2S. The van der Waals surface area contributed by atoms with Crippen molar-refractivity contribution in [2.75, 3.05) is 7.05 Å². The lowest BCUT2D eigenvalue weighted by Gasteiger charge is -2.11. The molecule has 1 heterocycles. The van der Waals surface area contributed by atoms with Crippen LogP contribution in [0.2, 0.25) is 0 Å². The second kappa shape index (κ2) is 5.59. The third-order valence-corrected chi connectivity index (χ3v) is 5.81. The highest BCUT2D eigenvalue weighted by molar-refractivity contribution is 7.09. The van der Waals surface area contributed by atoms with Gasteiger partial charge in [-0.1, -0.05) is 30.3 Å². The zero-order valence-corrected chi connectivity index (χ0v) is 14.5. The molecule has 1 aromatic heterocycles. The standard InChI is InChI=1S/C19H15F3N2S/c1-23-18-24(2)17-14-5-3-4-13(15(14)10-16(17)25-18)11-6-8-12(9-7-11)19(20,21)22/h3-9H,10H2,1-2H3/b23-18-. The van der Waals surface area contributed by atoms with Crippen molar-refractivity contribution < 1.29 is 13.2 Å². The lowest BCUT2D eigenvalue weighted by molar-refractivity contribution is -0.137. The van der Waals surface area contributed by atoms with Crippen LogP contribution in [0.5, 0.6) is 0 Å². The quantitative estimate of drug-likeness (QED) is 0.461. The highest BCUT2D eigenvalue weighted by atomic mass is 32.1. The summed E-state index contributed by atoms with van der Waals surface area (Å²) in [5.41, 5.74) is 4.65. The number of rotatable bonds is 1. The molecule has 0 aliphatic heterocycles. The third-order valence-electron chi connectivity index (χ3n) is 4.58. The van der Waals surface area contributed by atoms with Crippen molar-refractivity contribution in [3.63, 3.8) is 0 Å². The normalized spacial score (nSPS) is 13.9. The van der Waals surface area contributed by atoms with Gasteiger partial charge in [-0.15, -0.1) is 11.3 Å². The fourth-order valence-electron chi connectivity index (χ4n) is 3.42. The Bertz CT molecular complexity index is 1020. The number of halogens is 3. The van der Waals surface area contributed by atoms with E-state index in [-0.39, 0.29) is 0 Å². The molecule has 0 amide bonds. The molecule has 3 aromatic rings. The minimum absolute atomic E-state index is 0.622. The Balaban J connectivity index is 1.83. The number of fused-ring (bicyclic) bond motifs is 3. The molecule has 0 radical (unpaired) electrons. The molecule has 0 unspecified atom stereocenters. The van der Waals surface area contributed by atoms with Crippen molar-refractivity contribution in [1.82, 2.24) is 4.57 Å². The Labute approximate surface area is 146 Å². The molecule has 1 aliphatic carbocycles. The molecule has 128 valence electrons. The minimum atomic E-state index is -4.31. The van der Waals surface area contributed by atoms with Crippen molar-refractivity contribution in [3.8, 4) is 22.4 Å². The SMILES string of the molecule is C/N=c1\sc2c(n1C)-c1cccc(-c3ccc(C(F)(F)F)cc3)c1C2. The van der Waals surface area contributed by atoms with Crippen LogP contribution in [0.25, 0.3) is 22.4 Å². The maximum Gasteiger partial charge on any atom is 0.416 e. The molecule has 0 atom stereocenters. The highest BCUT2D eigenvalue weighted by Gasteiger charge is 2.30. The summed E-state index contributed by atoms with van der Waals surface area (Å²) in [6.07, 6.45) is -3.52. The van der Waals surface area contributed by atoms with Gasteiger partial charge in [0, 0.05) is 31.0 Å². The summed E-state index contributed by atoms with van der Waals surface area (Å²) >= 11 is 1.66. The molecule has 0 spiro atoms. The van der Waals surface area contributed by atoms with Crippen LogP contribution >= 0.6 is 11.3 Å². The lowest BCUT2D eigenvalue weighted by Crippen LogP contribution is -2.10. The van der Waals surface area contributed by atoms with E-state index in [1.165, 1.54) is 10.4 Å². The van der Waals surface area contributed by atoms with E-state index in [1.807, 2.05) is 19.2 Å². The molecule has 0 saturated heterocycles. The van der Waals surface area contributed by atoms with Crippen LogP contribution in [0.4, 0.5) is 13.2 Å². The average Bonchev–Trinajstić information content (AvgIpc) is 3.10. The van der Waals surface area contributed by atoms with Crippen LogP contribution in [0.15, 0.2) is 47.5 Å². The van der Waals surface area contributed by atoms with Gasteiger partial charge >= 0.3 is 6.18 Å². The van der Waals surface area contributed by atoms with Crippen LogP contribution in [0, 0.1) is 0 Å². The average molecular weight is 360 g/mol. The molecule has 0 bridgehead atoms. The first-order valence-corrected chi connectivity index (χ1v) is 8.63. The van der Waals surface area contributed by atoms with Gasteiger partial charge in [-0.3, -0.25) is 4.99 Å². The van der Waals surface area contributed by atoms with Gasteiger partial charge in [0.25, 0.3) is 0 Å². The summed E-state index contributed by atoms with van der Waals surface area (Å²) in [6, 6.07) is 11.4. The zero-order valence-electron chi connectivity index (χ0n) is 13.7. The van der Waals surface area contributed by atoms with Gasteiger partial charge in [0.1, 0.15) is 0 Å². The number of alkyl halides is 3. The van der Waals surface area contributed by atoms with Gasteiger partial charge in [-0.25, -0.2) is 0 Å². The zero-order chi connectivity index (χ0) is 17.8. The molecule has 0 saturated carbocycles. The Hall–Kier alpha value is -2.34. The summed E-state index contributed by atoms with van der Waals surface area (Å²) in [6.45, 7) is 0. The topological polar surface area (TPSA) is 17.3 Å². The van der Waals surface area contributed by atoms with E-state index in [0.717, 1.165) is 45.7 Å². The van der Waals surface area contributed by atoms with Gasteiger partial charge in [0.2, 0.25) is 0 Å². The monoisotopic (exact) mass is 360 g/mol. The van der Waals surface area contributed by atoms with E-state index in [9.17, 15) is 13.2 Å². The molecule has 2 aromatic carbocycles. The fraction of sp³-hybridized carbons (Fsp3) is 0.211. The first kappa shape index (κ1) is 16.1. The largest absolute Gasteiger partial charge is 0.416 e. The summed E-state index contributed by atoms with van der Waals surface area (Å²) < 4.78 is 40.4. The summed E-state index contributed by atoms with van der Waals surface area (Å²) in [5.74, 6) is 0. The van der Waals surface area contributed by atoms with E-state index >= 15 is 0 Å². The van der Waals surface area contributed by atoms with Crippen molar-refractivity contribution in [3.05, 3.63) is 63.3 Å². The summed E-state index contributed by atoms with van der Waals surface area (Å²) in [4.78, 5) is 6.51. The van der Waals surface area contributed by atoms with Crippen molar-refractivity contribution in [1.29, 1.82) is 0 Å². The van der Waals surface area contributed by atoms with E-state index in [0.29, 0.717) is 0 Å². The van der Waals surface area contributed by atoms with Crippen molar-refractivity contribution >= 4 is 11.3 Å². The van der Waals surface area contributed by atoms with Crippen LogP contribution in [0.3, 0.4) is 0 Å². The van der Waals surface area contributed by atoms with E-state index < -0.39 is 11.7 Å². The number of benzene rings is 2. The minimum Gasteiger partial charge on any atom is -0.320 e. The molecule has 1 aliphatic rings. The predicted octanol–water partition coefficient (Wildman–Crippen LogP) is 4.87. The Morgan fingerprint density at radius 1 is 1.04 bits per heavy atom. The van der Waals surface area contributed by atoms with Crippen LogP contribution in [-0.4, -0.2) is 11.6 Å². The van der Waals surface area contributed by atoms with E-state index in [2.05, 4.69) is 15.6 Å². The van der Waals surface area contributed by atoms with Gasteiger partial charge in [-0.05, 0) is 28.8 Å². The smallest absolute Gasteiger partial charge is 0.320 e. The number of hydrogen-bond acceptors (Lipinski definition) is 2. The Morgan fingerprint density at radius 2 is 1.72 bits per heavy atom. The number of nitrogens with zero attached hydrogens (tertiary/aromatic N) is 2. The predicted molar refractivity (Wildman–Crippen MR) is 93.5 cm³/mol. The number of thiazole rings is 1. The fourth-order valence-corrected chi connectivity index (χ4v) is 4.52. The Morgan fingerprint density at radius 3 is 2.36 bits per heavy atom. The first-order valence-electron chi connectivity index (χ1n) is 7.81. The first-order chi connectivity index (χ1) is 11.9. The third kappa shape index (κ3) is 2.52. The van der Waals surface area contributed by atoms with E-state index in [4.69, 9.17) is 0 Å². The van der Waals surface area contributed by atoms with Crippen LogP contribution in [0.1, 0.15) is 16.0 Å². The van der Waals surface area contributed by atoms with Gasteiger partial charge in [0.05, 0.1) is 11.3 Å². The van der Waals surface area contributed by atoms with Gasteiger partial charge < -0.3 is 4.57 Å². The number of hydrogen-bond donors (Lipinski definition) is 0. The van der Waals surface area contributed by atoms with Crippen molar-refractivity contribution in [2.24, 2.45) is 12.0 Å². The second-order valence-corrected chi connectivity index (χ2v) is 7.08. The van der Waals surface area contributed by atoms with E-state index in [1.54, 1.807) is 30.5 Å². The lowest BCUT2D eigenvalue weighted by atomic mass is 9.95. The summed E-state index contributed by atoms with van der Waals surface area (Å²) in [7, 11) is 3.78. The molecule has 4 rings (SSSR count). The molecular weight excluding hydrogens is 345 g/mol. The molecule has 0 N–H and O–H groups in total. The van der Waals surface area contributed by atoms with Crippen LogP contribution < -0.4 is 4.80 Å². The Kier molecular flexibility index (Phi) is 3.61. The van der Waals surface area contributed by atoms with Gasteiger partial charge in [-0.2, -0.15) is 13.2 Å². The maximum atomic E-state index is 12.8. The molecule has 0 fully saturated rings. The maximum absolute atomic E-state index is 12.8. The second-order valence-electron chi connectivity index (χ2n) is 6.02. The summed E-state index contributed by atoms with van der Waals surface area (Å²) in [5, 5.41) is 0. The molecule has 2 nitrogen and oxygen atoms in total.